The second kappa shape index (κ2) is 6.61. The van der Waals surface area contributed by atoms with Gasteiger partial charge in [-0.3, -0.25) is 4.79 Å². The molecular formula is C18H16F6N2O. The van der Waals surface area contributed by atoms with Crippen molar-refractivity contribution in [1.29, 1.82) is 0 Å². The minimum atomic E-state index is -4.99. The number of benzene rings is 1. The van der Waals surface area contributed by atoms with E-state index in [0.29, 0.717) is 25.0 Å². The molecule has 2 aromatic rings. The second-order valence-corrected chi connectivity index (χ2v) is 6.57. The highest BCUT2D eigenvalue weighted by atomic mass is 19.4. The van der Waals surface area contributed by atoms with Gasteiger partial charge in [-0.15, -0.1) is 0 Å². The molecule has 1 aliphatic carbocycles. The zero-order valence-electron chi connectivity index (χ0n) is 14.2. The number of hydrogen-bond donors (Lipinski definition) is 0. The number of rotatable bonds is 4. The van der Waals surface area contributed by atoms with Crippen LogP contribution in [0.25, 0.3) is 0 Å². The van der Waals surface area contributed by atoms with Gasteiger partial charge in [0, 0.05) is 30.5 Å². The van der Waals surface area contributed by atoms with Crippen LogP contribution in [0.4, 0.5) is 26.3 Å². The van der Waals surface area contributed by atoms with Crippen molar-refractivity contribution < 1.29 is 31.1 Å². The highest BCUT2D eigenvalue weighted by Gasteiger charge is 2.39. The molecular weight excluding hydrogens is 374 g/mol. The van der Waals surface area contributed by atoms with Crippen LogP contribution in [-0.2, 0) is 25.9 Å². The topological polar surface area (TPSA) is 25.2 Å². The average Bonchev–Trinajstić information content (AvgIpc) is 3.33. The van der Waals surface area contributed by atoms with Crippen molar-refractivity contribution in [3.63, 3.8) is 0 Å². The molecule has 0 N–H and O–H groups in total. The molecule has 146 valence electrons. The second-order valence-electron chi connectivity index (χ2n) is 6.57. The van der Waals surface area contributed by atoms with E-state index in [2.05, 4.69) is 0 Å². The van der Waals surface area contributed by atoms with E-state index in [1.807, 2.05) is 0 Å². The highest BCUT2D eigenvalue weighted by Crippen LogP contribution is 2.37. The number of carbonyl (C=O) groups is 1. The van der Waals surface area contributed by atoms with Gasteiger partial charge in [0.15, 0.2) is 0 Å². The number of alkyl halides is 6. The lowest BCUT2D eigenvalue weighted by atomic mass is 10.0. The van der Waals surface area contributed by atoms with Gasteiger partial charge in [0.1, 0.15) is 0 Å². The van der Waals surface area contributed by atoms with Gasteiger partial charge < -0.3 is 9.47 Å². The van der Waals surface area contributed by atoms with E-state index in [-0.39, 0.29) is 18.7 Å². The molecule has 0 aliphatic heterocycles. The molecule has 0 atom stereocenters. The smallest absolute Gasteiger partial charge is 0.353 e. The molecule has 1 saturated carbocycles. The fraction of sp³-hybridized carbons (Fsp3) is 0.389. The summed E-state index contributed by atoms with van der Waals surface area (Å²) in [6.45, 7) is 0.116. The van der Waals surface area contributed by atoms with Gasteiger partial charge in [0.25, 0.3) is 5.91 Å². The summed E-state index contributed by atoms with van der Waals surface area (Å²) >= 11 is 0. The van der Waals surface area contributed by atoms with Crippen LogP contribution in [0.15, 0.2) is 36.5 Å². The van der Waals surface area contributed by atoms with Crippen LogP contribution in [0.2, 0.25) is 0 Å². The Bertz CT molecular complexity index is 816. The highest BCUT2D eigenvalue weighted by molar-refractivity contribution is 5.95. The van der Waals surface area contributed by atoms with E-state index < -0.39 is 35.0 Å². The minimum Gasteiger partial charge on any atom is -0.353 e. The maximum atomic E-state index is 13.0. The van der Waals surface area contributed by atoms with Crippen LogP contribution in [0, 0.1) is 0 Å². The molecule has 0 radical (unpaired) electrons. The van der Waals surface area contributed by atoms with E-state index in [1.54, 1.807) is 29.9 Å². The van der Waals surface area contributed by atoms with Crippen LogP contribution >= 0.6 is 0 Å². The molecule has 0 saturated heterocycles. The largest absolute Gasteiger partial charge is 0.416 e. The molecule has 0 spiro atoms. The monoisotopic (exact) mass is 390 g/mol. The molecule has 9 heteroatoms. The van der Waals surface area contributed by atoms with Gasteiger partial charge in [-0.25, -0.2) is 0 Å². The standard InChI is InChI=1S/C18H16F6N2O/c1-25-6-2-3-15(25)10-26(14-4-5-14)16(27)11-7-12(17(19,20)21)9-13(8-11)18(22,23)24/h2-3,6-9,14H,4-5,10H2,1H3. The van der Waals surface area contributed by atoms with Crippen molar-refractivity contribution in [3.8, 4) is 0 Å². The van der Waals surface area contributed by atoms with Crippen molar-refractivity contribution in [2.75, 3.05) is 0 Å². The first-order chi connectivity index (χ1) is 12.5. The zero-order chi connectivity index (χ0) is 20.0. The predicted octanol–water partition coefficient (Wildman–Crippen LogP) is 4.87. The summed E-state index contributed by atoms with van der Waals surface area (Å²) in [7, 11) is 1.75. The molecule has 0 unspecified atom stereocenters. The number of aromatic nitrogens is 1. The van der Waals surface area contributed by atoms with Crippen molar-refractivity contribution in [1.82, 2.24) is 9.47 Å². The van der Waals surface area contributed by atoms with E-state index in [9.17, 15) is 31.1 Å². The molecule has 1 amide bonds. The first-order valence-corrected chi connectivity index (χ1v) is 8.17. The number of hydrogen-bond acceptors (Lipinski definition) is 1. The Labute approximate surface area is 151 Å². The molecule has 1 aliphatic rings. The Kier molecular flexibility index (Phi) is 4.73. The van der Waals surface area contributed by atoms with Crippen LogP contribution in [0.3, 0.4) is 0 Å². The SMILES string of the molecule is Cn1cccc1CN(C(=O)c1cc(C(F)(F)F)cc(C(F)(F)F)c1)C1CC1. The lowest BCUT2D eigenvalue weighted by Gasteiger charge is -2.24. The summed E-state index contributed by atoms with van der Waals surface area (Å²) in [6.07, 6.45) is -6.89. The molecule has 27 heavy (non-hydrogen) atoms. The van der Waals surface area contributed by atoms with E-state index in [4.69, 9.17) is 0 Å². The van der Waals surface area contributed by atoms with Crippen molar-refractivity contribution in [2.24, 2.45) is 7.05 Å². The van der Waals surface area contributed by atoms with Gasteiger partial charge in [-0.2, -0.15) is 26.3 Å². The van der Waals surface area contributed by atoms with Crippen LogP contribution in [0.1, 0.15) is 40.0 Å². The molecule has 3 rings (SSSR count). The lowest BCUT2D eigenvalue weighted by molar-refractivity contribution is -0.143. The summed E-state index contributed by atoms with van der Waals surface area (Å²) in [5.74, 6) is -0.838. The fourth-order valence-corrected chi connectivity index (χ4v) is 2.83. The number of halogens is 6. The number of aryl methyl sites for hydroxylation is 1. The maximum Gasteiger partial charge on any atom is 0.416 e. The van der Waals surface area contributed by atoms with Crippen LogP contribution in [0.5, 0.6) is 0 Å². The molecule has 0 bridgehead atoms. The summed E-state index contributed by atoms with van der Waals surface area (Å²) < 4.78 is 79.9. The molecule has 1 aromatic carbocycles. The summed E-state index contributed by atoms with van der Waals surface area (Å²) in [4.78, 5) is 14.1. The van der Waals surface area contributed by atoms with Crippen LogP contribution in [-0.4, -0.2) is 21.4 Å². The first kappa shape index (κ1) is 19.3. The quantitative estimate of drug-likeness (QED) is 0.684. The van der Waals surface area contributed by atoms with Crippen LogP contribution < -0.4 is 0 Å². The van der Waals surface area contributed by atoms with Crippen molar-refractivity contribution in [3.05, 3.63) is 58.9 Å². The predicted molar refractivity (Wildman–Crippen MR) is 84.8 cm³/mol. The van der Waals surface area contributed by atoms with E-state index >= 15 is 0 Å². The van der Waals surface area contributed by atoms with Gasteiger partial charge in [-0.05, 0) is 43.2 Å². The normalized spacial score (nSPS) is 15.1. The third-order valence-electron chi connectivity index (χ3n) is 4.47. The Morgan fingerprint density at radius 1 is 1.07 bits per heavy atom. The summed E-state index contributed by atoms with van der Waals surface area (Å²) in [5.41, 5.74) is -2.86. The fourth-order valence-electron chi connectivity index (χ4n) is 2.83. The summed E-state index contributed by atoms with van der Waals surface area (Å²) in [6, 6.07) is 4.30. The molecule has 3 nitrogen and oxygen atoms in total. The Hall–Kier alpha value is -2.45. The van der Waals surface area contributed by atoms with Crippen molar-refractivity contribution >= 4 is 5.91 Å². The van der Waals surface area contributed by atoms with Gasteiger partial charge >= 0.3 is 12.4 Å². The lowest BCUT2D eigenvalue weighted by Crippen LogP contribution is -2.33. The Balaban J connectivity index is 1.99. The third kappa shape index (κ3) is 4.28. The van der Waals surface area contributed by atoms with Gasteiger partial charge in [-0.1, -0.05) is 0 Å². The number of nitrogens with zero attached hydrogens (tertiary/aromatic N) is 2. The van der Waals surface area contributed by atoms with E-state index in [0.717, 1.165) is 5.69 Å². The summed E-state index contributed by atoms with van der Waals surface area (Å²) in [5, 5.41) is 0. The maximum absolute atomic E-state index is 13.0. The molecule has 1 fully saturated rings. The number of amides is 1. The zero-order valence-corrected chi connectivity index (χ0v) is 14.2. The molecule has 1 heterocycles. The number of carbonyl (C=O) groups excluding carboxylic acids is 1. The van der Waals surface area contributed by atoms with E-state index in [1.165, 1.54) is 4.90 Å². The third-order valence-corrected chi connectivity index (χ3v) is 4.47. The Morgan fingerprint density at radius 3 is 2.04 bits per heavy atom. The average molecular weight is 390 g/mol. The molecule has 1 aromatic heterocycles. The Morgan fingerprint density at radius 2 is 1.63 bits per heavy atom. The van der Waals surface area contributed by atoms with Gasteiger partial charge in [0.2, 0.25) is 0 Å². The van der Waals surface area contributed by atoms with Gasteiger partial charge in [0.05, 0.1) is 17.7 Å². The van der Waals surface area contributed by atoms with Crippen molar-refractivity contribution in [2.45, 2.75) is 37.8 Å². The minimum absolute atomic E-state index is 0.0233. The first-order valence-electron chi connectivity index (χ1n) is 8.17.